The lowest BCUT2D eigenvalue weighted by Crippen LogP contribution is -2.45. The van der Waals surface area contributed by atoms with Crippen molar-refractivity contribution in [3.8, 4) is 10.6 Å². The summed E-state index contributed by atoms with van der Waals surface area (Å²) in [4.78, 5) is 30.4. The highest BCUT2D eigenvalue weighted by atomic mass is 32.2. The Morgan fingerprint density at radius 2 is 1.84 bits per heavy atom. The van der Waals surface area contributed by atoms with Gasteiger partial charge in [-0.25, -0.2) is 18.2 Å². The molecule has 0 radical (unpaired) electrons. The van der Waals surface area contributed by atoms with Crippen LogP contribution in [0.5, 0.6) is 0 Å². The second kappa shape index (κ2) is 12.0. The number of amides is 1. The summed E-state index contributed by atoms with van der Waals surface area (Å²) < 4.78 is 38.0. The third kappa shape index (κ3) is 6.61. The summed E-state index contributed by atoms with van der Waals surface area (Å²) >= 11 is 1.46. The minimum absolute atomic E-state index is 0.0171. The first kappa shape index (κ1) is 26.9. The number of ether oxygens (including phenoxy) is 2. The Morgan fingerprint density at radius 1 is 1.11 bits per heavy atom. The van der Waals surface area contributed by atoms with E-state index in [2.05, 4.69) is 10.3 Å². The first-order valence-electron chi connectivity index (χ1n) is 11.9. The number of nitrogens with one attached hydrogen (secondary N) is 1. The van der Waals surface area contributed by atoms with Crippen LogP contribution in [0.2, 0.25) is 0 Å². The highest BCUT2D eigenvalue weighted by Gasteiger charge is 2.29. The fourth-order valence-electron chi connectivity index (χ4n) is 3.78. The Morgan fingerprint density at radius 3 is 2.54 bits per heavy atom. The lowest BCUT2D eigenvalue weighted by atomic mass is 10.0. The number of hydrogen-bond donors (Lipinski definition) is 1. The van der Waals surface area contributed by atoms with Gasteiger partial charge in [0.25, 0.3) is 5.91 Å². The van der Waals surface area contributed by atoms with Crippen LogP contribution in [-0.4, -0.2) is 61.9 Å². The van der Waals surface area contributed by atoms with E-state index in [-0.39, 0.29) is 36.1 Å². The molecule has 4 rings (SSSR count). The average molecular weight is 544 g/mol. The summed E-state index contributed by atoms with van der Waals surface area (Å²) in [5.41, 5.74) is 1.74. The van der Waals surface area contributed by atoms with Gasteiger partial charge in [0.2, 0.25) is 10.0 Å². The molecule has 37 heavy (non-hydrogen) atoms. The van der Waals surface area contributed by atoms with E-state index in [0.717, 1.165) is 10.6 Å². The first-order valence-corrected chi connectivity index (χ1v) is 14.2. The standard InChI is InChI=1S/C26H29N3O6S2/c1-18(2)23(26(31)35-16-21-17-36-25(27-21)19-7-4-3-5-8-19)28-24(30)20-9-6-10-22(15-20)37(32,33)29-11-13-34-14-12-29/h3-10,15,17-18,23H,11-14,16H2,1-2H3,(H,28,30)/t23-/m0/s1. The van der Waals surface area contributed by atoms with Gasteiger partial charge in [0.15, 0.2) is 0 Å². The molecule has 0 spiro atoms. The van der Waals surface area contributed by atoms with Crippen LogP contribution < -0.4 is 5.32 Å². The molecule has 1 aliphatic rings. The number of benzene rings is 2. The minimum Gasteiger partial charge on any atom is -0.458 e. The topological polar surface area (TPSA) is 115 Å². The van der Waals surface area contributed by atoms with Gasteiger partial charge in [0.1, 0.15) is 17.7 Å². The smallest absolute Gasteiger partial charge is 0.329 e. The molecule has 1 fully saturated rings. The van der Waals surface area contributed by atoms with E-state index in [1.165, 1.54) is 39.9 Å². The molecule has 1 aliphatic heterocycles. The monoisotopic (exact) mass is 543 g/mol. The maximum atomic E-state index is 13.0. The summed E-state index contributed by atoms with van der Waals surface area (Å²) in [5, 5.41) is 5.36. The number of morpholine rings is 1. The molecule has 3 aromatic rings. The summed E-state index contributed by atoms with van der Waals surface area (Å²) in [5.74, 6) is -1.41. The number of carbonyl (C=O) groups is 2. The van der Waals surface area contributed by atoms with E-state index < -0.39 is 27.9 Å². The minimum atomic E-state index is -3.76. The van der Waals surface area contributed by atoms with E-state index in [0.29, 0.717) is 18.9 Å². The number of thiazole rings is 1. The predicted molar refractivity (Wildman–Crippen MR) is 139 cm³/mol. The summed E-state index contributed by atoms with van der Waals surface area (Å²) in [6.45, 7) is 4.73. The van der Waals surface area contributed by atoms with E-state index in [9.17, 15) is 18.0 Å². The van der Waals surface area contributed by atoms with Crippen molar-refractivity contribution in [3.05, 3.63) is 71.2 Å². The number of hydrogen-bond acceptors (Lipinski definition) is 8. The van der Waals surface area contributed by atoms with Crippen molar-refractivity contribution >= 4 is 33.2 Å². The molecule has 1 atom stereocenters. The molecule has 0 bridgehead atoms. The summed E-state index contributed by atoms with van der Waals surface area (Å²) in [6.07, 6.45) is 0. The second-order valence-corrected chi connectivity index (χ2v) is 11.7. The SMILES string of the molecule is CC(C)[C@H](NC(=O)c1cccc(S(=O)(=O)N2CCOCC2)c1)C(=O)OCc1csc(-c2ccccc2)n1. The Kier molecular flexibility index (Phi) is 8.70. The third-order valence-corrected chi connectivity index (χ3v) is 8.68. The Bertz CT molecular complexity index is 1340. The molecule has 196 valence electrons. The molecule has 1 saturated heterocycles. The van der Waals surface area contributed by atoms with Crippen LogP contribution in [0.1, 0.15) is 29.9 Å². The van der Waals surface area contributed by atoms with Crippen molar-refractivity contribution in [1.29, 1.82) is 0 Å². The highest BCUT2D eigenvalue weighted by Crippen LogP contribution is 2.24. The Balaban J connectivity index is 1.40. The maximum Gasteiger partial charge on any atom is 0.329 e. The van der Waals surface area contributed by atoms with Crippen LogP contribution in [-0.2, 0) is 30.9 Å². The van der Waals surface area contributed by atoms with Gasteiger partial charge >= 0.3 is 5.97 Å². The van der Waals surface area contributed by atoms with E-state index in [1.54, 1.807) is 13.8 Å². The number of esters is 1. The molecule has 2 heterocycles. The Labute approximate surface area is 220 Å². The lowest BCUT2D eigenvalue weighted by molar-refractivity contribution is -0.148. The van der Waals surface area contributed by atoms with Crippen molar-refractivity contribution < 1.29 is 27.5 Å². The highest BCUT2D eigenvalue weighted by molar-refractivity contribution is 7.89. The zero-order valence-corrected chi connectivity index (χ0v) is 22.3. The van der Waals surface area contributed by atoms with Gasteiger partial charge in [0.05, 0.1) is 23.8 Å². The molecule has 2 aromatic carbocycles. The van der Waals surface area contributed by atoms with Gasteiger partial charge in [-0.05, 0) is 24.1 Å². The van der Waals surface area contributed by atoms with Gasteiger partial charge < -0.3 is 14.8 Å². The zero-order valence-electron chi connectivity index (χ0n) is 20.6. The van der Waals surface area contributed by atoms with Crippen LogP contribution in [0.4, 0.5) is 0 Å². The van der Waals surface area contributed by atoms with Crippen LogP contribution in [0, 0.1) is 5.92 Å². The van der Waals surface area contributed by atoms with E-state index >= 15 is 0 Å². The van der Waals surface area contributed by atoms with Crippen molar-refractivity contribution in [1.82, 2.24) is 14.6 Å². The molecule has 1 aromatic heterocycles. The van der Waals surface area contributed by atoms with Crippen LogP contribution in [0.3, 0.4) is 0 Å². The van der Waals surface area contributed by atoms with Gasteiger partial charge in [-0.2, -0.15) is 4.31 Å². The van der Waals surface area contributed by atoms with Gasteiger partial charge in [-0.15, -0.1) is 11.3 Å². The van der Waals surface area contributed by atoms with Gasteiger partial charge in [0, 0.05) is 29.6 Å². The fraction of sp³-hybridized carbons (Fsp3) is 0.346. The van der Waals surface area contributed by atoms with Crippen molar-refractivity contribution in [2.45, 2.75) is 31.4 Å². The predicted octanol–water partition coefficient (Wildman–Crippen LogP) is 3.33. The average Bonchev–Trinajstić information content (AvgIpc) is 3.40. The molecule has 1 amide bonds. The van der Waals surface area contributed by atoms with Gasteiger partial charge in [-0.1, -0.05) is 50.2 Å². The normalized spacial score (nSPS) is 15.3. The fourth-order valence-corrected chi connectivity index (χ4v) is 6.04. The zero-order chi connectivity index (χ0) is 26.4. The van der Waals surface area contributed by atoms with Crippen LogP contribution in [0.15, 0.2) is 64.9 Å². The first-order chi connectivity index (χ1) is 17.8. The quantitative estimate of drug-likeness (QED) is 0.412. The molecule has 0 aliphatic carbocycles. The molecular weight excluding hydrogens is 514 g/mol. The van der Waals surface area contributed by atoms with Crippen molar-refractivity contribution in [2.75, 3.05) is 26.3 Å². The number of sulfonamides is 1. The molecule has 11 heteroatoms. The van der Waals surface area contributed by atoms with Crippen LogP contribution >= 0.6 is 11.3 Å². The van der Waals surface area contributed by atoms with Gasteiger partial charge in [-0.3, -0.25) is 4.79 Å². The summed E-state index contributed by atoms with van der Waals surface area (Å²) in [7, 11) is -3.76. The number of aromatic nitrogens is 1. The third-order valence-electron chi connectivity index (χ3n) is 5.85. The number of rotatable bonds is 9. The molecule has 0 saturated carbocycles. The Hall–Kier alpha value is -3.12. The van der Waals surface area contributed by atoms with E-state index in [4.69, 9.17) is 9.47 Å². The van der Waals surface area contributed by atoms with E-state index in [1.807, 2.05) is 35.7 Å². The maximum absolute atomic E-state index is 13.0. The number of nitrogens with zero attached hydrogens (tertiary/aromatic N) is 2. The van der Waals surface area contributed by atoms with Crippen LogP contribution in [0.25, 0.3) is 10.6 Å². The molecule has 1 N–H and O–H groups in total. The van der Waals surface area contributed by atoms with Crippen molar-refractivity contribution in [2.24, 2.45) is 5.92 Å². The molecular formula is C26H29N3O6S2. The number of carbonyl (C=O) groups excluding carboxylic acids is 2. The molecule has 9 nitrogen and oxygen atoms in total. The molecule has 0 unspecified atom stereocenters. The second-order valence-electron chi connectivity index (χ2n) is 8.86. The van der Waals surface area contributed by atoms with Crippen molar-refractivity contribution in [3.63, 3.8) is 0 Å². The lowest BCUT2D eigenvalue weighted by Gasteiger charge is -2.26. The summed E-state index contributed by atoms with van der Waals surface area (Å²) in [6, 6.07) is 14.6. The largest absolute Gasteiger partial charge is 0.458 e.